The number of H-pyrrole nitrogens is 1. The van der Waals surface area contributed by atoms with E-state index in [0.29, 0.717) is 21.8 Å². The Morgan fingerprint density at radius 2 is 2.10 bits per heavy atom. The minimum Gasteiger partial charge on any atom is -0.480 e. The second kappa shape index (κ2) is 7.98. The minimum atomic E-state index is -4.87. The van der Waals surface area contributed by atoms with E-state index in [0.717, 1.165) is 6.20 Å². The predicted molar refractivity (Wildman–Crippen MR) is 95.0 cm³/mol. The fourth-order valence-electron chi connectivity index (χ4n) is 2.56. The topological polar surface area (TPSA) is 116 Å². The maximum atomic E-state index is 13.7. The molecule has 29 heavy (non-hydrogen) atoms. The van der Waals surface area contributed by atoms with Gasteiger partial charge in [0.15, 0.2) is 22.1 Å². The number of alkyl halides is 3. The van der Waals surface area contributed by atoms with Crippen LogP contribution in [0, 0.1) is 4.77 Å². The maximum absolute atomic E-state index is 13.7. The number of aromatic amines is 1. The summed E-state index contributed by atoms with van der Waals surface area (Å²) in [6.45, 7) is 2.19. The Morgan fingerprint density at radius 3 is 2.69 bits per heavy atom. The van der Waals surface area contributed by atoms with Gasteiger partial charge in [-0.05, 0) is 25.2 Å². The molecular weight excluding hydrogens is 413 g/mol. The molecule has 10 nitrogen and oxygen atoms in total. The highest BCUT2D eigenvalue weighted by molar-refractivity contribution is 7.71. The van der Waals surface area contributed by atoms with Crippen molar-refractivity contribution in [2.24, 2.45) is 0 Å². The van der Waals surface area contributed by atoms with Gasteiger partial charge in [-0.2, -0.15) is 23.4 Å². The van der Waals surface area contributed by atoms with Crippen LogP contribution in [-0.2, 0) is 19.3 Å². The van der Waals surface area contributed by atoms with E-state index in [2.05, 4.69) is 30.8 Å². The average molecular weight is 428 g/mol. The first kappa shape index (κ1) is 20.4. The van der Waals surface area contributed by atoms with Crippen LogP contribution < -0.4 is 10.1 Å². The van der Waals surface area contributed by atoms with Gasteiger partial charge in [0.05, 0.1) is 25.4 Å². The summed E-state index contributed by atoms with van der Waals surface area (Å²) in [7, 11) is 1.34. The van der Waals surface area contributed by atoms with Gasteiger partial charge in [0.2, 0.25) is 5.88 Å². The Labute approximate surface area is 166 Å². The molecule has 2 N–H and O–H groups in total. The molecular formula is C15H15F3N8O2S. The van der Waals surface area contributed by atoms with E-state index in [9.17, 15) is 18.0 Å². The highest BCUT2D eigenvalue weighted by atomic mass is 32.1. The van der Waals surface area contributed by atoms with E-state index in [1.807, 2.05) is 6.92 Å². The Bertz CT molecular complexity index is 1070. The number of nitrogens with one attached hydrogen (secondary N) is 2. The summed E-state index contributed by atoms with van der Waals surface area (Å²) < 4.78 is 48.3. The van der Waals surface area contributed by atoms with Crippen LogP contribution in [-0.4, -0.2) is 47.8 Å². The SMILES string of the molecule is CCn1c(CNC(=O)c2cnn(-c3ccc(OC)nn3)c2C(F)(F)F)n[nH]c1=S. The van der Waals surface area contributed by atoms with E-state index in [1.54, 1.807) is 4.57 Å². The lowest BCUT2D eigenvalue weighted by molar-refractivity contribution is -0.143. The number of methoxy groups -OCH3 is 1. The van der Waals surface area contributed by atoms with Gasteiger partial charge in [-0.1, -0.05) is 0 Å². The third-order valence-corrected chi connectivity index (χ3v) is 4.21. The molecule has 0 atom stereocenters. The summed E-state index contributed by atoms with van der Waals surface area (Å²) in [5.41, 5.74) is -1.93. The molecule has 0 spiro atoms. The number of aromatic nitrogens is 7. The fourth-order valence-corrected chi connectivity index (χ4v) is 2.84. The summed E-state index contributed by atoms with van der Waals surface area (Å²) in [6.07, 6.45) is -4.05. The zero-order valence-corrected chi connectivity index (χ0v) is 16.0. The lowest BCUT2D eigenvalue weighted by Crippen LogP contribution is -2.27. The minimum absolute atomic E-state index is 0.120. The molecule has 0 unspecified atom stereocenters. The first-order chi connectivity index (χ1) is 13.8. The zero-order valence-electron chi connectivity index (χ0n) is 15.2. The Kier molecular flexibility index (Phi) is 5.63. The van der Waals surface area contributed by atoms with Crippen LogP contribution in [0.25, 0.3) is 5.82 Å². The highest BCUT2D eigenvalue weighted by Gasteiger charge is 2.41. The van der Waals surface area contributed by atoms with Crippen LogP contribution in [0.15, 0.2) is 18.3 Å². The van der Waals surface area contributed by atoms with Crippen LogP contribution in [0.4, 0.5) is 13.2 Å². The number of rotatable bonds is 6. The Balaban J connectivity index is 1.91. The standard InChI is InChI=1S/C15H15F3N8O2S/c1-3-25-10(22-24-14(25)29)7-19-13(27)8-6-20-26(12(8)15(16,17)18)9-4-5-11(28-2)23-21-9/h4-6H,3,7H2,1-2H3,(H,19,27)(H,24,29). The van der Waals surface area contributed by atoms with Gasteiger partial charge in [0, 0.05) is 12.6 Å². The van der Waals surface area contributed by atoms with E-state index >= 15 is 0 Å². The molecule has 0 aliphatic carbocycles. The van der Waals surface area contributed by atoms with Gasteiger partial charge < -0.3 is 14.6 Å². The fraction of sp³-hybridized carbons (Fsp3) is 0.333. The lowest BCUT2D eigenvalue weighted by Gasteiger charge is -2.12. The third kappa shape index (κ3) is 4.11. The van der Waals surface area contributed by atoms with Crippen molar-refractivity contribution < 1.29 is 22.7 Å². The van der Waals surface area contributed by atoms with Gasteiger partial charge in [0.1, 0.15) is 0 Å². The van der Waals surface area contributed by atoms with Crippen molar-refractivity contribution in [3.63, 3.8) is 0 Å². The number of nitrogens with zero attached hydrogens (tertiary/aromatic N) is 6. The van der Waals surface area contributed by atoms with Crippen LogP contribution in [0.2, 0.25) is 0 Å². The smallest absolute Gasteiger partial charge is 0.434 e. The molecule has 154 valence electrons. The molecule has 3 aromatic rings. The number of ether oxygens (including phenoxy) is 1. The molecule has 3 aromatic heterocycles. The maximum Gasteiger partial charge on any atom is 0.434 e. The van der Waals surface area contributed by atoms with Gasteiger partial charge in [0.25, 0.3) is 5.91 Å². The number of hydrogen-bond acceptors (Lipinski definition) is 7. The second-order valence-corrected chi connectivity index (χ2v) is 6.01. The van der Waals surface area contributed by atoms with Gasteiger partial charge in [-0.3, -0.25) is 9.89 Å². The van der Waals surface area contributed by atoms with Gasteiger partial charge >= 0.3 is 6.18 Å². The van der Waals surface area contributed by atoms with Crippen molar-refractivity contribution in [1.29, 1.82) is 0 Å². The summed E-state index contributed by atoms with van der Waals surface area (Å²) in [5, 5.41) is 19.9. The Hall–Kier alpha value is -3.29. The van der Waals surface area contributed by atoms with Crippen LogP contribution in [0.5, 0.6) is 5.88 Å². The first-order valence-electron chi connectivity index (χ1n) is 8.21. The summed E-state index contributed by atoms with van der Waals surface area (Å²) in [6, 6.07) is 2.58. The average Bonchev–Trinajstić information content (AvgIpc) is 3.29. The molecule has 0 aliphatic rings. The molecule has 0 aliphatic heterocycles. The van der Waals surface area contributed by atoms with E-state index in [1.165, 1.54) is 19.2 Å². The van der Waals surface area contributed by atoms with Crippen molar-refractivity contribution in [1.82, 2.24) is 40.1 Å². The van der Waals surface area contributed by atoms with Crippen molar-refractivity contribution in [3.8, 4) is 11.7 Å². The molecule has 0 saturated heterocycles. The second-order valence-electron chi connectivity index (χ2n) is 5.62. The van der Waals surface area contributed by atoms with Gasteiger partial charge in [-0.15, -0.1) is 10.2 Å². The monoisotopic (exact) mass is 428 g/mol. The number of halogens is 3. The first-order valence-corrected chi connectivity index (χ1v) is 8.62. The lowest BCUT2D eigenvalue weighted by atomic mass is 10.2. The molecule has 0 aromatic carbocycles. The third-order valence-electron chi connectivity index (χ3n) is 3.90. The van der Waals surface area contributed by atoms with Crippen LogP contribution >= 0.6 is 12.2 Å². The van der Waals surface area contributed by atoms with Crippen molar-refractivity contribution in [3.05, 3.63) is 40.2 Å². The molecule has 14 heteroatoms. The molecule has 0 fully saturated rings. The Morgan fingerprint density at radius 1 is 1.34 bits per heavy atom. The summed E-state index contributed by atoms with van der Waals surface area (Å²) >= 11 is 5.04. The number of carbonyl (C=O) groups excluding carboxylic acids is 1. The van der Waals surface area contributed by atoms with Crippen molar-refractivity contribution in [2.75, 3.05) is 7.11 Å². The summed E-state index contributed by atoms with van der Waals surface area (Å²) in [5.74, 6) is -0.685. The van der Waals surface area contributed by atoms with E-state index in [-0.39, 0.29) is 18.2 Å². The molecule has 0 radical (unpaired) electrons. The van der Waals surface area contributed by atoms with Crippen LogP contribution in [0.1, 0.15) is 28.8 Å². The van der Waals surface area contributed by atoms with Gasteiger partial charge in [-0.25, -0.2) is 4.68 Å². The zero-order chi connectivity index (χ0) is 21.2. The number of hydrogen-bond donors (Lipinski definition) is 2. The molecule has 3 rings (SSSR count). The van der Waals surface area contributed by atoms with Crippen molar-refractivity contribution >= 4 is 18.1 Å². The van der Waals surface area contributed by atoms with E-state index in [4.69, 9.17) is 17.0 Å². The highest BCUT2D eigenvalue weighted by Crippen LogP contribution is 2.33. The molecule has 3 heterocycles. The normalized spacial score (nSPS) is 11.5. The number of amides is 1. The number of carbonyl (C=O) groups is 1. The molecule has 1 amide bonds. The van der Waals surface area contributed by atoms with Crippen LogP contribution in [0.3, 0.4) is 0 Å². The van der Waals surface area contributed by atoms with Crippen molar-refractivity contribution in [2.45, 2.75) is 26.2 Å². The largest absolute Gasteiger partial charge is 0.480 e. The van der Waals surface area contributed by atoms with E-state index < -0.39 is 23.3 Å². The molecule has 0 saturated carbocycles. The quantitative estimate of drug-likeness (QED) is 0.576. The molecule has 0 bridgehead atoms. The summed E-state index contributed by atoms with van der Waals surface area (Å²) in [4.78, 5) is 12.4. The predicted octanol–water partition coefficient (Wildman–Crippen LogP) is 1.89.